The van der Waals surface area contributed by atoms with Crippen molar-refractivity contribution in [3.05, 3.63) is 51.7 Å². The summed E-state index contributed by atoms with van der Waals surface area (Å²) in [7, 11) is -1.98. The minimum absolute atomic E-state index is 0.0553. The zero-order valence-corrected chi connectivity index (χ0v) is 18.9. The van der Waals surface area contributed by atoms with Crippen LogP contribution in [0.1, 0.15) is 37.5 Å². The molecule has 1 fully saturated rings. The third-order valence-corrected chi connectivity index (χ3v) is 6.35. The molecule has 1 aliphatic heterocycles. The summed E-state index contributed by atoms with van der Waals surface area (Å²) in [6.07, 6.45) is 0. The van der Waals surface area contributed by atoms with Gasteiger partial charge in [0.15, 0.2) is 0 Å². The monoisotopic (exact) mass is 453 g/mol. The number of rotatable bonds is 6. The minimum Gasteiger partial charge on any atom is -0.377 e. The Labute approximate surface area is 183 Å². The molecular weight excluding hydrogens is 425 g/mol. The van der Waals surface area contributed by atoms with E-state index in [4.69, 9.17) is 10.5 Å². The Bertz CT molecular complexity index is 946. The fraction of sp³-hybridized carbons (Fsp3) is 0.500. The van der Waals surface area contributed by atoms with Crippen LogP contribution in [-0.4, -0.2) is 51.4 Å². The summed E-state index contributed by atoms with van der Waals surface area (Å²) in [5.74, 6) is -0.250. The number of benzene rings is 1. The van der Waals surface area contributed by atoms with Crippen LogP contribution in [0.4, 0.5) is 15.9 Å². The van der Waals surface area contributed by atoms with E-state index in [1.807, 2.05) is 20.8 Å². The molecule has 1 aliphatic rings. The Morgan fingerprint density at radius 1 is 1.39 bits per heavy atom. The second kappa shape index (κ2) is 11.2. The van der Waals surface area contributed by atoms with Crippen molar-refractivity contribution in [3.63, 3.8) is 0 Å². The number of nitro groups is 1. The fourth-order valence-corrected chi connectivity index (χ4v) is 4.60. The smallest absolute Gasteiger partial charge is 0.334 e. The van der Waals surface area contributed by atoms with Gasteiger partial charge >= 0.3 is 5.69 Å². The van der Waals surface area contributed by atoms with E-state index in [0.29, 0.717) is 19.8 Å². The van der Waals surface area contributed by atoms with Gasteiger partial charge in [-0.3, -0.25) is 14.3 Å². The van der Waals surface area contributed by atoms with Crippen LogP contribution in [0.2, 0.25) is 0 Å². The lowest BCUT2D eigenvalue weighted by Crippen LogP contribution is -2.44. The standard InChI is InChI=1S/C18H22FN5O4S.C2H6/c1-11-10-28-8-7-23(11)18-17(24(25)26)16(21-12(2)22-18)15(9-20)29(27)14-6-4-3-5-13(14)19;1-2/h3-6,11,15H,7-10,20H2,1-2H3;1-2H3. The number of aryl methyl sites for hydroxylation is 1. The second-order valence-corrected chi connectivity index (χ2v) is 8.26. The van der Waals surface area contributed by atoms with Crippen molar-refractivity contribution >= 4 is 22.3 Å². The van der Waals surface area contributed by atoms with E-state index in [9.17, 15) is 18.7 Å². The summed E-state index contributed by atoms with van der Waals surface area (Å²) in [6, 6.07) is 5.44. The van der Waals surface area contributed by atoms with Gasteiger partial charge in [-0.25, -0.2) is 14.4 Å². The molecular formula is C20H28FN5O4S. The summed E-state index contributed by atoms with van der Waals surface area (Å²) in [4.78, 5) is 21.6. The molecule has 0 spiro atoms. The van der Waals surface area contributed by atoms with Crippen molar-refractivity contribution in [2.75, 3.05) is 31.2 Å². The van der Waals surface area contributed by atoms with Crippen molar-refractivity contribution < 1.29 is 18.3 Å². The average molecular weight is 454 g/mol. The van der Waals surface area contributed by atoms with Crippen LogP contribution in [0.15, 0.2) is 29.2 Å². The molecule has 2 N–H and O–H groups in total. The minimum atomic E-state index is -1.98. The molecule has 31 heavy (non-hydrogen) atoms. The number of ether oxygens (including phenoxy) is 1. The van der Waals surface area contributed by atoms with Gasteiger partial charge < -0.3 is 15.4 Å². The molecule has 2 aromatic rings. The highest BCUT2D eigenvalue weighted by molar-refractivity contribution is 7.85. The van der Waals surface area contributed by atoms with Gasteiger partial charge in [0.1, 0.15) is 22.6 Å². The molecule has 170 valence electrons. The van der Waals surface area contributed by atoms with E-state index < -0.39 is 26.8 Å². The summed E-state index contributed by atoms with van der Waals surface area (Å²) in [6.45, 7) is 8.48. The van der Waals surface area contributed by atoms with Crippen molar-refractivity contribution in [3.8, 4) is 0 Å². The van der Waals surface area contributed by atoms with Gasteiger partial charge in [0.05, 0.1) is 39.9 Å². The van der Waals surface area contributed by atoms with Crippen molar-refractivity contribution in [2.45, 2.75) is 43.9 Å². The molecule has 3 atom stereocenters. The number of hydrogen-bond donors (Lipinski definition) is 1. The van der Waals surface area contributed by atoms with Gasteiger partial charge in [-0.15, -0.1) is 0 Å². The normalized spacial score (nSPS) is 18.0. The predicted molar refractivity (Wildman–Crippen MR) is 117 cm³/mol. The molecule has 1 aromatic carbocycles. The fourth-order valence-electron chi connectivity index (χ4n) is 3.28. The SMILES string of the molecule is CC.Cc1nc(C(CN)S(=O)c2ccccc2F)c([N+](=O)[O-])c(N2CCOCC2C)n1. The molecule has 0 saturated carbocycles. The average Bonchev–Trinajstić information content (AvgIpc) is 2.75. The molecule has 9 nitrogen and oxygen atoms in total. The van der Waals surface area contributed by atoms with Crippen molar-refractivity contribution in [2.24, 2.45) is 5.73 Å². The van der Waals surface area contributed by atoms with Crippen LogP contribution < -0.4 is 10.6 Å². The van der Waals surface area contributed by atoms with Crippen LogP contribution >= 0.6 is 0 Å². The largest absolute Gasteiger partial charge is 0.377 e. The third-order valence-electron chi connectivity index (χ3n) is 4.66. The molecule has 0 bridgehead atoms. The lowest BCUT2D eigenvalue weighted by molar-refractivity contribution is -0.385. The van der Waals surface area contributed by atoms with Gasteiger partial charge in [-0.05, 0) is 26.0 Å². The first-order valence-electron chi connectivity index (χ1n) is 10.1. The highest BCUT2D eigenvalue weighted by Gasteiger charge is 2.37. The number of morpholine rings is 1. The first-order valence-corrected chi connectivity index (χ1v) is 11.3. The zero-order chi connectivity index (χ0) is 23.1. The number of anilines is 1. The number of nitrogens with two attached hydrogens (primary N) is 1. The zero-order valence-electron chi connectivity index (χ0n) is 18.1. The van der Waals surface area contributed by atoms with Gasteiger partial charge in [0.25, 0.3) is 0 Å². The van der Waals surface area contributed by atoms with E-state index in [0.717, 1.165) is 0 Å². The summed E-state index contributed by atoms with van der Waals surface area (Å²) >= 11 is 0. The molecule has 1 saturated heterocycles. The lowest BCUT2D eigenvalue weighted by atomic mass is 10.2. The maximum atomic E-state index is 14.2. The molecule has 3 unspecified atom stereocenters. The summed E-state index contributed by atoms with van der Waals surface area (Å²) in [5.41, 5.74) is 5.42. The first kappa shape index (κ1) is 24.8. The molecule has 0 amide bonds. The molecule has 2 heterocycles. The summed E-state index contributed by atoms with van der Waals surface area (Å²) < 4.78 is 32.7. The van der Waals surface area contributed by atoms with Gasteiger partial charge in [-0.1, -0.05) is 26.0 Å². The Balaban J connectivity index is 0.00000166. The van der Waals surface area contributed by atoms with E-state index in [1.165, 1.54) is 18.2 Å². The third kappa shape index (κ3) is 5.41. The molecule has 11 heteroatoms. The van der Waals surface area contributed by atoms with Crippen molar-refractivity contribution in [1.82, 2.24) is 9.97 Å². The Morgan fingerprint density at radius 2 is 2.06 bits per heavy atom. The molecule has 0 aliphatic carbocycles. The van der Waals surface area contributed by atoms with E-state index in [2.05, 4.69) is 9.97 Å². The van der Waals surface area contributed by atoms with Gasteiger partial charge in [-0.2, -0.15) is 0 Å². The molecule has 0 radical (unpaired) electrons. The van der Waals surface area contributed by atoms with E-state index in [-0.39, 0.29) is 40.5 Å². The topological polar surface area (TPSA) is 124 Å². The van der Waals surface area contributed by atoms with Crippen LogP contribution in [-0.2, 0) is 15.5 Å². The number of aromatic nitrogens is 2. The predicted octanol–water partition coefficient (Wildman–Crippen LogP) is 2.89. The second-order valence-electron chi connectivity index (χ2n) is 6.65. The van der Waals surface area contributed by atoms with Crippen LogP contribution in [0.3, 0.4) is 0 Å². The summed E-state index contributed by atoms with van der Waals surface area (Å²) in [5, 5.41) is 10.9. The maximum absolute atomic E-state index is 14.2. The quantitative estimate of drug-likeness (QED) is 0.523. The maximum Gasteiger partial charge on any atom is 0.334 e. The Morgan fingerprint density at radius 3 is 2.65 bits per heavy atom. The Hall–Kier alpha value is -2.50. The van der Waals surface area contributed by atoms with Gasteiger partial charge in [0.2, 0.25) is 5.82 Å². The number of halogens is 1. The molecule has 3 rings (SSSR count). The highest BCUT2D eigenvalue weighted by Crippen LogP contribution is 2.37. The van der Waals surface area contributed by atoms with Crippen LogP contribution in [0.25, 0.3) is 0 Å². The van der Waals surface area contributed by atoms with Crippen LogP contribution in [0, 0.1) is 22.9 Å². The van der Waals surface area contributed by atoms with Gasteiger partial charge in [0, 0.05) is 13.1 Å². The van der Waals surface area contributed by atoms with Crippen molar-refractivity contribution in [1.29, 1.82) is 0 Å². The number of hydrogen-bond acceptors (Lipinski definition) is 8. The molecule has 1 aromatic heterocycles. The van der Waals surface area contributed by atoms with E-state index >= 15 is 0 Å². The lowest BCUT2D eigenvalue weighted by Gasteiger charge is -2.34. The first-order chi connectivity index (χ1) is 14.8. The highest BCUT2D eigenvalue weighted by atomic mass is 32.2. The van der Waals surface area contributed by atoms with E-state index in [1.54, 1.807) is 17.9 Å². The van der Waals surface area contributed by atoms with Crippen LogP contribution in [0.5, 0.6) is 0 Å². The Kier molecular flexibility index (Phi) is 8.96. The number of nitrogens with zero attached hydrogens (tertiary/aromatic N) is 4.